The summed E-state index contributed by atoms with van der Waals surface area (Å²) in [7, 11) is 1.58. The fourth-order valence-electron chi connectivity index (χ4n) is 3.47. The molecule has 1 unspecified atom stereocenters. The van der Waals surface area contributed by atoms with E-state index in [4.69, 9.17) is 9.47 Å². The summed E-state index contributed by atoms with van der Waals surface area (Å²) >= 11 is 1.68. The van der Waals surface area contributed by atoms with Gasteiger partial charge in [0.15, 0.2) is 0 Å². The molecule has 0 aliphatic carbocycles. The van der Waals surface area contributed by atoms with Gasteiger partial charge in [0.25, 0.3) is 5.91 Å². The van der Waals surface area contributed by atoms with Crippen LogP contribution in [0.15, 0.2) is 35.7 Å². The minimum Gasteiger partial charge on any atom is -0.497 e. The highest BCUT2D eigenvalue weighted by Gasteiger charge is 2.24. The molecule has 0 bridgehead atoms. The molecule has 1 atom stereocenters. The van der Waals surface area contributed by atoms with Gasteiger partial charge in [-0.1, -0.05) is 6.07 Å². The lowest BCUT2D eigenvalue weighted by molar-refractivity contribution is -0.130. The number of amides is 2. The normalized spacial score (nSPS) is 15.6. The maximum Gasteiger partial charge on any atom is 0.255 e. The van der Waals surface area contributed by atoms with Crippen LogP contribution >= 0.6 is 11.3 Å². The number of methoxy groups -OCH3 is 1. The topological polar surface area (TPSA) is 67.9 Å². The van der Waals surface area contributed by atoms with Crippen LogP contribution in [-0.2, 0) is 11.2 Å². The molecule has 0 saturated carbocycles. The number of ether oxygens (including phenoxy) is 2. The summed E-state index contributed by atoms with van der Waals surface area (Å²) in [6, 6.07) is 9.38. The van der Waals surface area contributed by atoms with Crippen LogP contribution in [0.25, 0.3) is 0 Å². The molecule has 0 radical (unpaired) electrons. The lowest BCUT2D eigenvalue weighted by Gasteiger charge is -2.32. The van der Waals surface area contributed by atoms with Crippen molar-refractivity contribution in [3.8, 4) is 11.5 Å². The zero-order valence-electron chi connectivity index (χ0n) is 17.1. The van der Waals surface area contributed by atoms with E-state index in [1.165, 1.54) is 4.88 Å². The first-order chi connectivity index (χ1) is 14.0. The zero-order chi connectivity index (χ0) is 20.8. The molecule has 156 valence electrons. The predicted octanol–water partition coefficient (Wildman–Crippen LogP) is 3.51. The van der Waals surface area contributed by atoms with Gasteiger partial charge in [-0.25, -0.2) is 0 Å². The summed E-state index contributed by atoms with van der Waals surface area (Å²) in [5.41, 5.74) is 0.469. The van der Waals surface area contributed by atoms with Crippen LogP contribution in [0.1, 0.15) is 41.9 Å². The molecule has 2 heterocycles. The number of rotatable bonds is 7. The van der Waals surface area contributed by atoms with E-state index >= 15 is 0 Å². The molecule has 1 fully saturated rings. The van der Waals surface area contributed by atoms with Crippen molar-refractivity contribution in [1.29, 1.82) is 0 Å². The Kier molecular flexibility index (Phi) is 7.14. The van der Waals surface area contributed by atoms with E-state index in [0.29, 0.717) is 30.2 Å². The maximum absolute atomic E-state index is 13.0. The number of nitrogens with one attached hydrogen (secondary N) is 1. The third kappa shape index (κ3) is 5.73. The highest BCUT2D eigenvalue weighted by atomic mass is 32.1. The van der Waals surface area contributed by atoms with Gasteiger partial charge in [0.2, 0.25) is 5.91 Å². The molecule has 1 aliphatic rings. The van der Waals surface area contributed by atoms with Gasteiger partial charge in [0.1, 0.15) is 17.6 Å². The van der Waals surface area contributed by atoms with Crippen LogP contribution in [0.3, 0.4) is 0 Å². The summed E-state index contributed by atoms with van der Waals surface area (Å²) in [5, 5.41) is 5.10. The third-order valence-electron chi connectivity index (χ3n) is 5.08. The first-order valence-corrected chi connectivity index (χ1v) is 10.8. The standard InChI is InChI=1S/C22H28N2O4S/c1-15(13-19-5-4-12-29-19)23-22(26)20-14-18(27-3)6-7-21(20)28-17-8-10-24(11-9-17)16(2)25/h4-7,12,14-15,17H,8-11,13H2,1-3H3,(H,23,26). The predicted molar refractivity (Wildman–Crippen MR) is 114 cm³/mol. The highest BCUT2D eigenvalue weighted by Crippen LogP contribution is 2.27. The van der Waals surface area contributed by atoms with Gasteiger partial charge >= 0.3 is 0 Å². The largest absolute Gasteiger partial charge is 0.497 e. The van der Waals surface area contributed by atoms with Crippen molar-refractivity contribution < 1.29 is 19.1 Å². The Morgan fingerprint density at radius 1 is 1.28 bits per heavy atom. The second kappa shape index (κ2) is 9.78. The number of nitrogens with zero attached hydrogens (tertiary/aromatic N) is 1. The van der Waals surface area contributed by atoms with Crippen molar-refractivity contribution >= 4 is 23.2 Å². The molecule has 1 aromatic carbocycles. The van der Waals surface area contributed by atoms with E-state index in [2.05, 4.69) is 11.4 Å². The summed E-state index contributed by atoms with van der Waals surface area (Å²) in [5.74, 6) is 1.07. The van der Waals surface area contributed by atoms with Crippen molar-refractivity contribution in [1.82, 2.24) is 10.2 Å². The number of carbonyl (C=O) groups excluding carboxylic acids is 2. The van der Waals surface area contributed by atoms with Crippen molar-refractivity contribution in [3.63, 3.8) is 0 Å². The fourth-order valence-corrected chi connectivity index (χ4v) is 4.30. The van der Waals surface area contributed by atoms with E-state index in [-0.39, 0.29) is 24.0 Å². The molecule has 1 saturated heterocycles. The lowest BCUT2D eigenvalue weighted by atomic mass is 10.1. The monoisotopic (exact) mass is 416 g/mol. The molecular weight excluding hydrogens is 388 g/mol. The van der Waals surface area contributed by atoms with Gasteiger partial charge in [0.05, 0.1) is 12.7 Å². The first-order valence-electron chi connectivity index (χ1n) is 9.89. The molecule has 2 aromatic rings. The minimum absolute atomic E-state index is 0.000920. The number of thiophene rings is 1. The Morgan fingerprint density at radius 3 is 2.66 bits per heavy atom. The summed E-state index contributed by atoms with van der Waals surface area (Å²) < 4.78 is 11.5. The van der Waals surface area contributed by atoms with Crippen molar-refractivity contribution in [2.75, 3.05) is 20.2 Å². The number of hydrogen-bond donors (Lipinski definition) is 1. The van der Waals surface area contributed by atoms with Crippen LogP contribution in [0.5, 0.6) is 11.5 Å². The molecular formula is C22H28N2O4S. The van der Waals surface area contributed by atoms with Gasteiger partial charge in [-0.2, -0.15) is 0 Å². The van der Waals surface area contributed by atoms with Gasteiger partial charge < -0.3 is 19.7 Å². The number of hydrogen-bond acceptors (Lipinski definition) is 5. The lowest BCUT2D eigenvalue weighted by Crippen LogP contribution is -2.41. The Balaban J connectivity index is 1.68. The molecule has 3 rings (SSSR count). The van der Waals surface area contributed by atoms with Gasteiger partial charge in [0, 0.05) is 50.2 Å². The highest BCUT2D eigenvalue weighted by molar-refractivity contribution is 7.09. The van der Waals surface area contributed by atoms with Gasteiger partial charge in [-0.05, 0) is 36.6 Å². The third-order valence-corrected chi connectivity index (χ3v) is 5.98. The summed E-state index contributed by atoms with van der Waals surface area (Å²) in [6.07, 6.45) is 2.27. The number of piperidine rings is 1. The van der Waals surface area contributed by atoms with Gasteiger partial charge in [-0.3, -0.25) is 9.59 Å². The average Bonchev–Trinajstić information content (AvgIpc) is 3.21. The second-order valence-electron chi connectivity index (χ2n) is 7.34. The van der Waals surface area contributed by atoms with Crippen LogP contribution in [0.2, 0.25) is 0 Å². The molecule has 1 N–H and O–H groups in total. The van der Waals surface area contributed by atoms with E-state index in [1.807, 2.05) is 23.3 Å². The number of carbonyl (C=O) groups is 2. The number of likely N-dealkylation sites (tertiary alicyclic amines) is 1. The van der Waals surface area contributed by atoms with Crippen LogP contribution in [-0.4, -0.2) is 49.1 Å². The number of benzene rings is 1. The summed E-state index contributed by atoms with van der Waals surface area (Å²) in [4.78, 5) is 27.5. The minimum atomic E-state index is -0.177. The Bertz CT molecular complexity index is 829. The van der Waals surface area contributed by atoms with Crippen molar-refractivity contribution in [2.45, 2.75) is 45.3 Å². The molecule has 6 nitrogen and oxygen atoms in total. The molecule has 29 heavy (non-hydrogen) atoms. The fraction of sp³-hybridized carbons (Fsp3) is 0.455. The average molecular weight is 417 g/mol. The molecule has 1 aromatic heterocycles. The second-order valence-corrected chi connectivity index (χ2v) is 8.38. The smallest absolute Gasteiger partial charge is 0.255 e. The van der Waals surface area contributed by atoms with Gasteiger partial charge in [-0.15, -0.1) is 11.3 Å². The van der Waals surface area contributed by atoms with E-state index in [9.17, 15) is 9.59 Å². The molecule has 0 spiro atoms. The van der Waals surface area contributed by atoms with Crippen LogP contribution < -0.4 is 14.8 Å². The Morgan fingerprint density at radius 2 is 2.03 bits per heavy atom. The Hall–Kier alpha value is -2.54. The first kappa shape index (κ1) is 21.2. The van der Waals surface area contributed by atoms with Crippen LogP contribution in [0.4, 0.5) is 0 Å². The molecule has 2 amide bonds. The molecule has 1 aliphatic heterocycles. The summed E-state index contributed by atoms with van der Waals surface area (Å²) in [6.45, 7) is 4.94. The van der Waals surface area contributed by atoms with E-state index in [1.54, 1.807) is 43.6 Å². The van der Waals surface area contributed by atoms with Crippen LogP contribution in [0, 0.1) is 0 Å². The maximum atomic E-state index is 13.0. The van der Waals surface area contributed by atoms with Crippen molar-refractivity contribution in [2.24, 2.45) is 0 Å². The molecule has 7 heteroatoms. The van der Waals surface area contributed by atoms with Crippen molar-refractivity contribution in [3.05, 3.63) is 46.2 Å². The Labute approximate surface area is 175 Å². The van der Waals surface area contributed by atoms with E-state index in [0.717, 1.165) is 19.3 Å². The quantitative estimate of drug-likeness (QED) is 0.750. The SMILES string of the molecule is COc1ccc(OC2CCN(C(C)=O)CC2)c(C(=O)NC(C)Cc2cccs2)c1. The zero-order valence-corrected chi connectivity index (χ0v) is 18.0. The van der Waals surface area contributed by atoms with E-state index < -0.39 is 0 Å².